The van der Waals surface area contributed by atoms with Gasteiger partial charge in [-0.05, 0) is 37.1 Å². The van der Waals surface area contributed by atoms with Crippen molar-refractivity contribution in [3.05, 3.63) is 41.0 Å². The molecule has 8 nitrogen and oxygen atoms in total. The molecule has 10 heteroatoms. The largest absolute Gasteiger partial charge is 0.495 e. The van der Waals surface area contributed by atoms with Crippen molar-refractivity contribution in [2.24, 2.45) is 0 Å². The van der Waals surface area contributed by atoms with Crippen LogP contribution in [0.3, 0.4) is 0 Å². The smallest absolute Gasteiger partial charge is 0.337 e. The minimum atomic E-state index is -4.09. The number of nitrogens with zero attached hydrogens (tertiary/aromatic N) is 2. The molecule has 3 rings (SSSR count). The highest BCUT2D eigenvalue weighted by Crippen LogP contribution is 2.33. The number of carbonyl (C=O) groups is 1. The maximum absolute atomic E-state index is 12.9. The van der Waals surface area contributed by atoms with E-state index in [9.17, 15) is 18.3 Å². The molecule has 0 spiro atoms. The second kappa shape index (κ2) is 7.61. The SMILES string of the molecule is COc1ccc(Cl)cc1S(=O)(=O)Nc1cc(C(=O)O)cnc1N1CCCC1. The van der Waals surface area contributed by atoms with Gasteiger partial charge in [0, 0.05) is 24.3 Å². The number of ether oxygens (including phenoxy) is 1. The van der Waals surface area contributed by atoms with Gasteiger partial charge in [-0.2, -0.15) is 0 Å². The summed E-state index contributed by atoms with van der Waals surface area (Å²) in [5.41, 5.74) is -0.0208. The van der Waals surface area contributed by atoms with Crippen LogP contribution >= 0.6 is 11.6 Å². The third kappa shape index (κ3) is 4.09. The Labute approximate surface area is 161 Å². The zero-order valence-electron chi connectivity index (χ0n) is 14.5. The van der Waals surface area contributed by atoms with Crippen molar-refractivity contribution < 1.29 is 23.1 Å². The molecule has 1 fully saturated rings. The van der Waals surface area contributed by atoms with E-state index in [1.54, 1.807) is 0 Å². The zero-order chi connectivity index (χ0) is 19.6. The Bertz CT molecular complexity index is 975. The van der Waals surface area contributed by atoms with E-state index in [1.807, 2.05) is 4.90 Å². The van der Waals surface area contributed by atoms with E-state index in [4.69, 9.17) is 16.3 Å². The Balaban J connectivity index is 2.06. The maximum atomic E-state index is 12.9. The summed E-state index contributed by atoms with van der Waals surface area (Å²) in [6, 6.07) is 5.50. The summed E-state index contributed by atoms with van der Waals surface area (Å²) in [4.78, 5) is 17.2. The molecular weight excluding hydrogens is 394 g/mol. The molecule has 1 aliphatic rings. The predicted molar refractivity (Wildman–Crippen MR) is 101 cm³/mol. The molecule has 0 atom stereocenters. The summed E-state index contributed by atoms with van der Waals surface area (Å²) in [6.07, 6.45) is 3.13. The summed E-state index contributed by atoms with van der Waals surface area (Å²) in [6.45, 7) is 1.43. The van der Waals surface area contributed by atoms with Crippen LogP contribution < -0.4 is 14.4 Å². The molecule has 2 aromatic rings. The Morgan fingerprint density at radius 3 is 2.63 bits per heavy atom. The van der Waals surface area contributed by atoms with Gasteiger partial charge < -0.3 is 14.7 Å². The van der Waals surface area contributed by atoms with Gasteiger partial charge in [-0.3, -0.25) is 4.72 Å². The molecule has 1 aromatic carbocycles. The van der Waals surface area contributed by atoms with Gasteiger partial charge in [-0.1, -0.05) is 11.6 Å². The van der Waals surface area contributed by atoms with Crippen molar-refractivity contribution in [3.63, 3.8) is 0 Å². The van der Waals surface area contributed by atoms with Crippen LogP contribution in [0, 0.1) is 0 Å². The number of hydrogen-bond donors (Lipinski definition) is 2. The predicted octanol–water partition coefficient (Wildman–Crippen LogP) is 2.84. The highest BCUT2D eigenvalue weighted by Gasteiger charge is 2.25. The van der Waals surface area contributed by atoms with E-state index in [0.29, 0.717) is 18.9 Å². The van der Waals surface area contributed by atoms with E-state index in [-0.39, 0.29) is 26.9 Å². The van der Waals surface area contributed by atoms with Crippen LogP contribution in [0.2, 0.25) is 5.02 Å². The third-order valence-corrected chi connectivity index (χ3v) is 5.80. The maximum Gasteiger partial charge on any atom is 0.337 e. The van der Waals surface area contributed by atoms with Gasteiger partial charge in [-0.25, -0.2) is 18.2 Å². The number of pyridine rings is 1. The van der Waals surface area contributed by atoms with Crippen LogP contribution in [0.15, 0.2) is 35.4 Å². The fourth-order valence-electron chi connectivity index (χ4n) is 2.89. The number of aromatic nitrogens is 1. The number of methoxy groups -OCH3 is 1. The number of sulfonamides is 1. The van der Waals surface area contributed by atoms with Crippen molar-refractivity contribution in [1.82, 2.24) is 4.98 Å². The third-order valence-electron chi connectivity index (χ3n) is 4.18. The Hall–Kier alpha value is -2.52. The van der Waals surface area contributed by atoms with Crippen molar-refractivity contribution in [2.45, 2.75) is 17.7 Å². The van der Waals surface area contributed by atoms with Gasteiger partial charge in [-0.15, -0.1) is 0 Å². The molecule has 144 valence electrons. The van der Waals surface area contributed by atoms with E-state index in [1.165, 1.54) is 37.6 Å². The highest BCUT2D eigenvalue weighted by atomic mass is 35.5. The van der Waals surface area contributed by atoms with Crippen LogP contribution in [-0.2, 0) is 10.0 Å². The van der Waals surface area contributed by atoms with Gasteiger partial charge in [0.25, 0.3) is 10.0 Å². The van der Waals surface area contributed by atoms with Crippen molar-refractivity contribution >= 4 is 39.1 Å². The van der Waals surface area contributed by atoms with Crippen LogP contribution in [0.1, 0.15) is 23.2 Å². The monoisotopic (exact) mass is 411 g/mol. The fraction of sp³-hybridized carbons (Fsp3) is 0.294. The number of anilines is 2. The van der Waals surface area contributed by atoms with E-state index >= 15 is 0 Å². The number of halogens is 1. The second-order valence-electron chi connectivity index (χ2n) is 6.00. The Morgan fingerprint density at radius 1 is 1.30 bits per heavy atom. The minimum Gasteiger partial charge on any atom is -0.495 e. The molecule has 0 saturated carbocycles. The van der Waals surface area contributed by atoms with Gasteiger partial charge in [0.05, 0.1) is 18.4 Å². The molecule has 0 bridgehead atoms. The molecule has 0 amide bonds. The second-order valence-corrected chi connectivity index (χ2v) is 8.08. The van der Waals surface area contributed by atoms with Gasteiger partial charge >= 0.3 is 5.97 Å². The number of hydrogen-bond acceptors (Lipinski definition) is 6. The molecule has 2 heterocycles. The number of nitrogens with one attached hydrogen (secondary N) is 1. The summed E-state index contributed by atoms with van der Waals surface area (Å²) < 4.78 is 33.4. The van der Waals surface area contributed by atoms with E-state index < -0.39 is 16.0 Å². The molecule has 1 aromatic heterocycles. The number of carboxylic acid groups (broad SMARTS) is 1. The Morgan fingerprint density at radius 2 is 2.00 bits per heavy atom. The lowest BCUT2D eigenvalue weighted by atomic mass is 10.2. The van der Waals surface area contributed by atoms with Crippen molar-refractivity contribution in [3.8, 4) is 5.75 Å². The molecule has 1 saturated heterocycles. The van der Waals surface area contributed by atoms with Crippen LogP contribution in [-0.4, -0.2) is 44.7 Å². The molecule has 2 N–H and O–H groups in total. The number of rotatable bonds is 6. The standard InChI is InChI=1S/C17H18ClN3O5S/c1-26-14-5-4-12(18)9-15(14)27(24,25)20-13-8-11(17(22)23)10-19-16(13)21-6-2-3-7-21/h4-5,8-10,20H,2-3,6-7H2,1H3,(H,22,23). The molecule has 0 aliphatic carbocycles. The molecular formula is C17H18ClN3O5S. The normalized spacial score (nSPS) is 14.2. The first-order valence-corrected chi connectivity index (χ1v) is 10.0. The zero-order valence-corrected chi connectivity index (χ0v) is 16.0. The van der Waals surface area contributed by atoms with Crippen molar-refractivity contribution in [1.29, 1.82) is 0 Å². The lowest BCUT2D eigenvalue weighted by molar-refractivity contribution is 0.0696. The number of aromatic carboxylic acids is 1. The number of carboxylic acids is 1. The molecule has 1 aliphatic heterocycles. The van der Waals surface area contributed by atoms with Crippen LogP contribution in [0.5, 0.6) is 5.75 Å². The van der Waals surface area contributed by atoms with E-state index in [2.05, 4.69) is 9.71 Å². The van der Waals surface area contributed by atoms with Gasteiger partial charge in [0.2, 0.25) is 0 Å². The van der Waals surface area contributed by atoms with Gasteiger partial charge in [0.1, 0.15) is 10.6 Å². The van der Waals surface area contributed by atoms with E-state index in [0.717, 1.165) is 12.8 Å². The first-order valence-electron chi connectivity index (χ1n) is 8.16. The lowest BCUT2D eigenvalue weighted by Crippen LogP contribution is -2.23. The fourth-order valence-corrected chi connectivity index (χ4v) is 4.38. The average Bonchev–Trinajstić information content (AvgIpc) is 3.15. The Kier molecular flexibility index (Phi) is 5.43. The first-order chi connectivity index (χ1) is 12.8. The first kappa shape index (κ1) is 19.2. The topological polar surface area (TPSA) is 109 Å². The van der Waals surface area contributed by atoms with Crippen LogP contribution in [0.4, 0.5) is 11.5 Å². The average molecular weight is 412 g/mol. The lowest BCUT2D eigenvalue weighted by Gasteiger charge is -2.21. The summed E-state index contributed by atoms with van der Waals surface area (Å²) in [5.74, 6) is -0.685. The number of benzene rings is 1. The summed E-state index contributed by atoms with van der Waals surface area (Å²) in [5, 5.41) is 9.46. The summed E-state index contributed by atoms with van der Waals surface area (Å²) >= 11 is 5.94. The summed E-state index contributed by atoms with van der Waals surface area (Å²) in [7, 11) is -2.74. The molecule has 0 radical (unpaired) electrons. The quantitative estimate of drug-likeness (QED) is 0.752. The van der Waals surface area contributed by atoms with Crippen molar-refractivity contribution in [2.75, 3.05) is 29.8 Å². The molecule has 27 heavy (non-hydrogen) atoms. The van der Waals surface area contributed by atoms with Gasteiger partial charge in [0.15, 0.2) is 5.82 Å². The highest BCUT2D eigenvalue weighted by molar-refractivity contribution is 7.92. The minimum absolute atomic E-state index is 0.0961. The van der Waals surface area contributed by atoms with Crippen LogP contribution in [0.25, 0.3) is 0 Å². The molecule has 0 unspecified atom stereocenters.